The van der Waals surface area contributed by atoms with Crippen LogP contribution in [0, 0.1) is 5.82 Å². The van der Waals surface area contributed by atoms with Crippen molar-refractivity contribution < 1.29 is 13.9 Å². The molecule has 5 heteroatoms. The second-order valence-corrected chi connectivity index (χ2v) is 4.60. The van der Waals surface area contributed by atoms with Gasteiger partial charge >= 0.3 is 0 Å². The van der Waals surface area contributed by atoms with Gasteiger partial charge in [-0.25, -0.2) is 4.39 Å². The van der Waals surface area contributed by atoms with Gasteiger partial charge in [0.05, 0.1) is 7.11 Å². The molecule has 1 aromatic heterocycles. The maximum absolute atomic E-state index is 13.5. The van der Waals surface area contributed by atoms with Crippen molar-refractivity contribution in [3.8, 4) is 5.75 Å². The van der Waals surface area contributed by atoms with Crippen LogP contribution in [0.5, 0.6) is 5.75 Å². The van der Waals surface area contributed by atoms with Crippen LogP contribution in [0.4, 0.5) is 4.39 Å². The summed E-state index contributed by atoms with van der Waals surface area (Å²) in [5.74, 6) is -0.299. The van der Waals surface area contributed by atoms with Crippen LogP contribution < -0.4 is 10.1 Å². The molecule has 1 heterocycles. The molecule has 110 valence electrons. The van der Waals surface area contributed by atoms with Gasteiger partial charge in [0.2, 0.25) is 5.91 Å². The van der Waals surface area contributed by atoms with Gasteiger partial charge in [0, 0.05) is 25.4 Å². The van der Waals surface area contributed by atoms with E-state index in [0.29, 0.717) is 24.9 Å². The number of hydrogen-bond acceptors (Lipinski definition) is 3. The van der Waals surface area contributed by atoms with Crippen molar-refractivity contribution in [2.24, 2.45) is 0 Å². The highest BCUT2D eigenvalue weighted by Crippen LogP contribution is 2.17. The molecule has 21 heavy (non-hydrogen) atoms. The normalized spacial score (nSPS) is 10.2. The third-order valence-electron chi connectivity index (χ3n) is 3.10. The quantitative estimate of drug-likeness (QED) is 0.888. The molecule has 0 saturated carbocycles. The molecular formula is C16H17FN2O2. The van der Waals surface area contributed by atoms with Gasteiger partial charge < -0.3 is 10.1 Å². The fourth-order valence-electron chi connectivity index (χ4n) is 1.92. The number of methoxy groups -OCH3 is 1. The highest BCUT2D eigenvalue weighted by Gasteiger charge is 2.05. The maximum atomic E-state index is 13.5. The number of ether oxygens (including phenoxy) is 1. The number of carbonyl (C=O) groups is 1. The number of aryl methyl sites for hydroxylation is 1. The molecule has 0 atom stereocenters. The molecule has 2 aromatic rings. The third-order valence-corrected chi connectivity index (χ3v) is 3.10. The SMILES string of the molecule is COc1ccc(CNC(=O)CCc2ccncc2)cc1F. The Morgan fingerprint density at radius 2 is 2.00 bits per heavy atom. The molecule has 0 spiro atoms. The summed E-state index contributed by atoms with van der Waals surface area (Å²) in [5.41, 5.74) is 1.77. The zero-order chi connectivity index (χ0) is 15.1. The molecule has 1 N–H and O–H groups in total. The molecule has 0 saturated heterocycles. The second-order valence-electron chi connectivity index (χ2n) is 4.60. The van der Waals surface area contributed by atoms with Crippen LogP contribution in [0.15, 0.2) is 42.7 Å². The number of nitrogens with zero attached hydrogens (tertiary/aromatic N) is 1. The topological polar surface area (TPSA) is 51.2 Å². The molecule has 2 rings (SSSR count). The smallest absolute Gasteiger partial charge is 0.220 e. The first-order chi connectivity index (χ1) is 10.2. The number of carbonyl (C=O) groups excluding carboxylic acids is 1. The highest BCUT2D eigenvalue weighted by atomic mass is 19.1. The average molecular weight is 288 g/mol. The van der Waals surface area contributed by atoms with E-state index in [1.165, 1.54) is 13.2 Å². The Morgan fingerprint density at radius 3 is 2.67 bits per heavy atom. The largest absolute Gasteiger partial charge is 0.494 e. The van der Waals surface area contributed by atoms with Crippen LogP contribution >= 0.6 is 0 Å². The van der Waals surface area contributed by atoms with E-state index in [1.54, 1.807) is 24.5 Å². The zero-order valence-corrected chi connectivity index (χ0v) is 11.8. The molecular weight excluding hydrogens is 271 g/mol. The number of aromatic nitrogens is 1. The molecule has 0 unspecified atom stereocenters. The number of hydrogen-bond donors (Lipinski definition) is 1. The van der Waals surface area contributed by atoms with Crippen LogP contribution in [0.3, 0.4) is 0 Å². The summed E-state index contributed by atoms with van der Waals surface area (Å²) in [7, 11) is 1.42. The Kier molecular flexibility index (Phi) is 5.26. The van der Waals surface area contributed by atoms with Gasteiger partial charge in [-0.1, -0.05) is 6.07 Å². The third kappa shape index (κ3) is 4.56. The lowest BCUT2D eigenvalue weighted by molar-refractivity contribution is -0.121. The number of amides is 1. The van der Waals surface area contributed by atoms with Crippen molar-refractivity contribution in [1.82, 2.24) is 10.3 Å². The van der Waals surface area contributed by atoms with Gasteiger partial charge in [-0.3, -0.25) is 9.78 Å². The molecule has 0 aliphatic carbocycles. The minimum atomic E-state index is -0.430. The zero-order valence-electron chi connectivity index (χ0n) is 11.8. The van der Waals surface area contributed by atoms with Crippen LogP contribution in [-0.2, 0) is 17.8 Å². The van der Waals surface area contributed by atoms with E-state index in [-0.39, 0.29) is 11.7 Å². The highest BCUT2D eigenvalue weighted by molar-refractivity contribution is 5.76. The van der Waals surface area contributed by atoms with Gasteiger partial charge in [-0.05, 0) is 41.8 Å². The summed E-state index contributed by atoms with van der Waals surface area (Å²) in [6.45, 7) is 0.302. The van der Waals surface area contributed by atoms with E-state index in [9.17, 15) is 9.18 Å². The lowest BCUT2D eigenvalue weighted by Crippen LogP contribution is -2.23. The lowest BCUT2D eigenvalue weighted by atomic mass is 10.1. The van der Waals surface area contributed by atoms with E-state index < -0.39 is 5.82 Å². The summed E-state index contributed by atoms with van der Waals surface area (Å²) >= 11 is 0. The summed E-state index contributed by atoms with van der Waals surface area (Å²) in [6, 6.07) is 8.40. The van der Waals surface area contributed by atoms with Crippen LogP contribution in [0.1, 0.15) is 17.5 Å². The molecule has 0 bridgehead atoms. The first-order valence-electron chi connectivity index (χ1n) is 6.67. The van der Waals surface area contributed by atoms with Crippen molar-refractivity contribution in [3.63, 3.8) is 0 Å². The van der Waals surface area contributed by atoms with E-state index in [4.69, 9.17) is 4.74 Å². The fraction of sp³-hybridized carbons (Fsp3) is 0.250. The summed E-state index contributed by atoms with van der Waals surface area (Å²) in [4.78, 5) is 15.7. The Labute approximate surface area is 123 Å². The van der Waals surface area contributed by atoms with Crippen LogP contribution in [0.25, 0.3) is 0 Å². The number of pyridine rings is 1. The first-order valence-corrected chi connectivity index (χ1v) is 6.67. The monoisotopic (exact) mass is 288 g/mol. The van der Waals surface area contributed by atoms with Crippen molar-refractivity contribution in [2.75, 3.05) is 7.11 Å². The Bertz CT molecular complexity index is 602. The van der Waals surface area contributed by atoms with E-state index >= 15 is 0 Å². The lowest BCUT2D eigenvalue weighted by Gasteiger charge is -2.07. The Balaban J connectivity index is 1.80. The molecule has 1 amide bonds. The molecule has 0 radical (unpaired) electrons. The predicted octanol–water partition coefficient (Wildman–Crippen LogP) is 2.48. The maximum Gasteiger partial charge on any atom is 0.220 e. The predicted molar refractivity (Wildman–Crippen MR) is 77.4 cm³/mol. The van der Waals surface area contributed by atoms with Crippen LogP contribution in [-0.4, -0.2) is 18.0 Å². The Hall–Kier alpha value is -2.43. The van der Waals surface area contributed by atoms with Crippen molar-refractivity contribution in [1.29, 1.82) is 0 Å². The number of benzene rings is 1. The first kappa shape index (κ1) is 15.0. The molecule has 0 aliphatic heterocycles. The van der Waals surface area contributed by atoms with Gasteiger partial charge in [-0.2, -0.15) is 0 Å². The number of nitrogens with one attached hydrogen (secondary N) is 1. The van der Waals surface area contributed by atoms with E-state index in [0.717, 1.165) is 5.56 Å². The fourth-order valence-corrected chi connectivity index (χ4v) is 1.92. The van der Waals surface area contributed by atoms with Gasteiger partial charge in [0.25, 0.3) is 0 Å². The van der Waals surface area contributed by atoms with Crippen molar-refractivity contribution in [3.05, 3.63) is 59.7 Å². The standard InChI is InChI=1S/C16H17FN2O2/c1-21-15-4-2-13(10-14(15)17)11-19-16(20)5-3-12-6-8-18-9-7-12/h2,4,6-10H,3,5,11H2,1H3,(H,19,20). The van der Waals surface area contributed by atoms with E-state index in [1.807, 2.05) is 12.1 Å². The minimum absolute atomic E-state index is 0.0666. The van der Waals surface area contributed by atoms with Gasteiger partial charge in [-0.15, -0.1) is 0 Å². The minimum Gasteiger partial charge on any atom is -0.494 e. The van der Waals surface area contributed by atoms with E-state index in [2.05, 4.69) is 10.3 Å². The number of halogens is 1. The molecule has 1 aromatic carbocycles. The van der Waals surface area contributed by atoms with Crippen molar-refractivity contribution in [2.45, 2.75) is 19.4 Å². The summed E-state index contributed by atoms with van der Waals surface area (Å²) in [6.07, 6.45) is 4.45. The second kappa shape index (κ2) is 7.38. The molecule has 0 aliphatic rings. The molecule has 4 nitrogen and oxygen atoms in total. The van der Waals surface area contributed by atoms with Crippen LogP contribution in [0.2, 0.25) is 0 Å². The summed E-state index contributed by atoms with van der Waals surface area (Å²) in [5, 5.41) is 2.77. The van der Waals surface area contributed by atoms with Gasteiger partial charge in [0.15, 0.2) is 11.6 Å². The molecule has 0 fully saturated rings. The van der Waals surface area contributed by atoms with Crippen molar-refractivity contribution >= 4 is 5.91 Å². The number of rotatable bonds is 6. The van der Waals surface area contributed by atoms with Gasteiger partial charge in [0.1, 0.15) is 0 Å². The summed E-state index contributed by atoms with van der Waals surface area (Å²) < 4.78 is 18.3. The Morgan fingerprint density at radius 1 is 1.24 bits per heavy atom. The average Bonchev–Trinajstić information content (AvgIpc) is 2.52.